The van der Waals surface area contributed by atoms with Gasteiger partial charge in [0.2, 0.25) is 0 Å². The van der Waals surface area contributed by atoms with E-state index >= 15 is 0 Å². The van der Waals surface area contributed by atoms with Crippen molar-refractivity contribution in [1.82, 2.24) is 10.2 Å². The van der Waals surface area contributed by atoms with Crippen LogP contribution in [0.15, 0.2) is 18.3 Å². The van der Waals surface area contributed by atoms with Crippen LogP contribution in [0, 0.1) is 6.92 Å². The number of phenols is 1. The van der Waals surface area contributed by atoms with Crippen LogP contribution in [-0.4, -0.2) is 15.3 Å². The van der Waals surface area contributed by atoms with Gasteiger partial charge in [0.1, 0.15) is 11.6 Å². The maximum absolute atomic E-state index is 12.7. The first kappa shape index (κ1) is 11.4. The number of nitrogens with one attached hydrogen (secondary N) is 1. The number of aromatic amines is 1. The lowest BCUT2D eigenvalue weighted by molar-refractivity contribution is 0.147. The standard InChI is InChI=1S/C11H11F2N3O/c1-5-2-6(8-4-15-16-11(8)14)9(17)7(3-5)10(12)13/h2-4,10,17H,1H3,(H3,14,15,16). The maximum atomic E-state index is 12.7. The molecule has 0 aliphatic rings. The molecule has 2 rings (SSSR count). The minimum Gasteiger partial charge on any atom is -0.507 e. The number of aryl methyl sites for hydroxylation is 1. The van der Waals surface area contributed by atoms with Crippen molar-refractivity contribution in [2.45, 2.75) is 13.3 Å². The SMILES string of the molecule is Cc1cc(-c2cn[nH]c2N)c(O)c(C(F)F)c1. The van der Waals surface area contributed by atoms with Crippen molar-refractivity contribution in [2.24, 2.45) is 0 Å². The molecule has 1 aromatic carbocycles. The topological polar surface area (TPSA) is 74.9 Å². The number of alkyl halides is 2. The van der Waals surface area contributed by atoms with Crippen LogP contribution in [0.3, 0.4) is 0 Å². The summed E-state index contributed by atoms with van der Waals surface area (Å²) in [6, 6.07) is 2.84. The predicted octanol–water partition coefficient (Wildman–Crippen LogP) is 2.61. The molecule has 0 saturated heterocycles. The molecule has 0 fully saturated rings. The lowest BCUT2D eigenvalue weighted by Gasteiger charge is -2.10. The molecular weight excluding hydrogens is 228 g/mol. The molecule has 0 radical (unpaired) electrons. The zero-order valence-corrected chi connectivity index (χ0v) is 9.04. The Balaban J connectivity index is 2.67. The summed E-state index contributed by atoms with van der Waals surface area (Å²) < 4.78 is 25.4. The van der Waals surface area contributed by atoms with Gasteiger partial charge in [0.15, 0.2) is 0 Å². The summed E-state index contributed by atoms with van der Waals surface area (Å²) >= 11 is 0. The quantitative estimate of drug-likeness (QED) is 0.754. The third-order valence-electron chi connectivity index (χ3n) is 2.48. The number of rotatable bonds is 2. The van der Waals surface area contributed by atoms with E-state index in [1.807, 2.05) is 0 Å². The van der Waals surface area contributed by atoms with Crippen LogP contribution in [0.1, 0.15) is 17.6 Å². The molecule has 0 spiro atoms. The van der Waals surface area contributed by atoms with Crippen molar-refractivity contribution in [3.05, 3.63) is 29.5 Å². The average Bonchev–Trinajstić information content (AvgIpc) is 2.67. The highest BCUT2D eigenvalue weighted by molar-refractivity contribution is 5.79. The Hall–Kier alpha value is -2.11. The fraction of sp³-hybridized carbons (Fsp3) is 0.182. The number of aromatic nitrogens is 2. The lowest BCUT2D eigenvalue weighted by atomic mass is 10.0. The van der Waals surface area contributed by atoms with E-state index in [2.05, 4.69) is 10.2 Å². The monoisotopic (exact) mass is 239 g/mol. The number of benzene rings is 1. The van der Waals surface area contributed by atoms with Crippen molar-refractivity contribution in [1.29, 1.82) is 0 Å². The number of nitrogen functional groups attached to an aromatic ring is 1. The summed E-state index contributed by atoms with van der Waals surface area (Å²) in [4.78, 5) is 0. The average molecular weight is 239 g/mol. The molecule has 1 heterocycles. The van der Waals surface area contributed by atoms with Crippen LogP contribution in [0.25, 0.3) is 11.1 Å². The fourth-order valence-corrected chi connectivity index (χ4v) is 1.69. The normalized spacial score (nSPS) is 11.1. The molecule has 6 heteroatoms. The summed E-state index contributed by atoms with van der Waals surface area (Å²) in [5.74, 6) is -0.232. The number of H-pyrrole nitrogens is 1. The van der Waals surface area contributed by atoms with Gasteiger partial charge in [-0.25, -0.2) is 8.78 Å². The van der Waals surface area contributed by atoms with Crippen molar-refractivity contribution in [3.63, 3.8) is 0 Å². The molecule has 2 aromatic rings. The lowest BCUT2D eigenvalue weighted by Crippen LogP contribution is -1.93. The van der Waals surface area contributed by atoms with Gasteiger partial charge in [-0.1, -0.05) is 0 Å². The van der Waals surface area contributed by atoms with E-state index in [9.17, 15) is 13.9 Å². The fourth-order valence-electron chi connectivity index (χ4n) is 1.69. The summed E-state index contributed by atoms with van der Waals surface area (Å²) in [5.41, 5.74) is 6.48. The minimum atomic E-state index is -2.73. The zero-order valence-electron chi connectivity index (χ0n) is 9.04. The van der Waals surface area contributed by atoms with E-state index in [4.69, 9.17) is 5.73 Å². The van der Waals surface area contributed by atoms with E-state index in [-0.39, 0.29) is 11.4 Å². The first-order chi connectivity index (χ1) is 8.00. The molecule has 17 heavy (non-hydrogen) atoms. The largest absolute Gasteiger partial charge is 0.507 e. The van der Waals surface area contributed by atoms with Gasteiger partial charge in [-0.3, -0.25) is 5.10 Å². The van der Waals surface area contributed by atoms with Crippen LogP contribution in [0.4, 0.5) is 14.6 Å². The molecule has 4 N–H and O–H groups in total. The van der Waals surface area contributed by atoms with Gasteiger partial charge in [-0.15, -0.1) is 0 Å². The van der Waals surface area contributed by atoms with E-state index in [0.29, 0.717) is 11.1 Å². The second kappa shape index (κ2) is 4.04. The van der Waals surface area contributed by atoms with Crippen LogP contribution in [0.5, 0.6) is 5.75 Å². The van der Waals surface area contributed by atoms with Gasteiger partial charge < -0.3 is 10.8 Å². The van der Waals surface area contributed by atoms with E-state index in [0.717, 1.165) is 0 Å². The van der Waals surface area contributed by atoms with Crippen molar-refractivity contribution >= 4 is 5.82 Å². The number of anilines is 1. The Labute approximate surface area is 96.1 Å². The zero-order chi connectivity index (χ0) is 12.6. The van der Waals surface area contributed by atoms with E-state index in [1.54, 1.807) is 13.0 Å². The summed E-state index contributed by atoms with van der Waals surface area (Å²) in [6.45, 7) is 1.67. The highest BCUT2D eigenvalue weighted by Gasteiger charge is 2.19. The van der Waals surface area contributed by atoms with Gasteiger partial charge >= 0.3 is 0 Å². The van der Waals surface area contributed by atoms with Gasteiger partial charge in [0.05, 0.1) is 11.8 Å². The molecule has 0 aliphatic heterocycles. The molecule has 1 aromatic heterocycles. The smallest absolute Gasteiger partial charge is 0.267 e. The number of aromatic hydroxyl groups is 1. The molecule has 0 amide bonds. The van der Waals surface area contributed by atoms with E-state index < -0.39 is 17.7 Å². The first-order valence-electron chi connectivity index (χ1n) is 4.91. The highest BCUT2D eigenvalue weighted by Crippen LogP contribution is 2.39. The van der Waals surface area contributed by atoms with Crippen LogP contribution >= 0.6 is 0 Å². The molecule has 4 nitrogen and oxygen atoms in total. The van der Waals surface area contributed by atoms with Crippen LogP contribution < -0.4 is 5.73 Å². The van der Waals surface area contributed by atoms with Crippen LogP contribution in [-0.2, 0) is 0 Å². The second-order valence-corrected chi connectivity index (χ2v) is 3.75. The maximum Gasteiger partial charge on any atom is 0.267 e. The van der Waals surface area contributed by atoms with Crippen molar-refractivity contribution < 1.29 is 13.9 Å². The van der Waals surface area contributed by atoms with Gasteiger partial charge in [0.25, 0.3) is 6.43 Å². The number of halogens is 2. The summed E-state index contributed by atoms with van der Waals surface area (Å²) in [6.07, 6.45) is -1.35. The van der Waals surface area contributed by atoms with Crippen LogP contribution in [0.2, 0.25) is 0 Å². The van der Waals surface area contributed by atoms with Crippen molar-refractivity contribution in [3.8, 4) is 16.9 Å². The van der Waals surface area contributed by atoms with Gasteiger partial charge in [-0.05, 0) is 24.6 Å². The molecule has 0 unspecified atom stereocenters. The summed E-state index contributed by atoms with van der Waals surface area (Å²) in [5, 5.41) is 16.0. The minimum absolute atomic E-state index is 0.228. The number of phenolic OH excluding ortho intramolecular Hbond substituents is 1. The van der Waals surface area contributed by atoms with Crippen molar-refractivity contribution in [2.75, 3.05) is 5.73 Å². The predicted molar refractivity (Wildman–Crippen MR) is 59.8 cm³/mol. The Bertz CT molecular complexity index is 552. The Morgan fingerprint density at radius 1 is 1.35 bits per heavy atom. The van der Waals surface area contributed by atoms with E-state index in [1.165, 1.54) is 12.3 Å². The first-order valence-corrected chi connectivity index (χ1v) is 4.91. The third kappa shape index (κ3) is 1.93. The third-order valence-corrected chi connectivity index (χ3v) is 2.48. The van der Waals surface area contributed by atoms with Gasteiger partial charge in [0, 0.05) is 11.1 Å². The molecule has 0 saturated carbocycles. The Morgan fingerprint density at radius 2 is 2.06 bits per heavy atom. The summed E-state index contributed by atoms with van der Waals surface area (Å²) in [7, 11) is 0. The molecule has 0 atom stereocenters. The highest BCUT2D eigenvalue weighted by atomic mass is 19.3. The number of nitrogens with zero attached hydrogens (tertiary/aromatic N) is 1. The second-order valence-electron chi connectivity index (χ2n) is 3.75. The molecular formula is C11H11F2N3O. The molecule has 0 aliphatic carbocycles. The Morgan fingerprint density at radius 3 is 2.59 bits per heavy atom. The molecule has 90 valence electrons. The number of hydrogen-bond donors (Lipinski definition) is 3. The molecule has 0 bridgehead atoms. The number of nitrogens with two attached hydrogens (primary N) is 1. The Kier molecular flexibility index (Phi) is 2.71. The van der Waals surface area contributed by atoms with Gasteiger partial charge in [-0.2, -0.15) is 5.10 Å². The number of hydrogen-bond acceptors (Lipinski definition) is 3.